The van der Waals surface area contributed by atoms with Crippen LogP contribution in [-0.4, -0.2) is 35.8 Å². The highest BCUT2D eigenvalue weighted by atomic mass is 16.2. The molecule has 0 radical (unpaired) electrons. The minimum Gasteiger partial charge on any atom is -0.394 e. The van der Waals surface area contributed by atoms with Crippen LogP contribution in [-0.2, 0) is 11.3 Å². The second-order valence-corrected chi connectivity index (χ2v) is 5.19. The second-order valence-electron chi connectivity index (χ2n) is 5.19. The number of likely N-dealkylation sites (N-methyl/N-ethyl adjacent to an activating group) is 1. The summed E-state index contributed by atoms with van der Waals surface area (Å²) in [4.78, 5) is 13.7. The molecule has 0 saturated heterocycles. The Hall–Kier alpha value is -1.72. The molecule has 0 saturated carbocycles. The van der Waals surface area contributed by atoms with Gasteiger partial charge in [-0.3, -0.25) is 4.79 Å². The van der Waals surface area contributed by atoms with E-state index in [1.165, 1.54) is 0 Å². The molecule has 6 nitrogen and oxygen atoms in total. The number of anilines is 2. The molecule has 3 N–H and O–H groups in total. The predicted octanol–water partition coefficient (Wildman–Crippen LogP) is 1.00. The van der Waals surface area contributed by atoms with Crippen molar-refractivity contribution in [1.82, 2.24) is 15.1 Å². The Labute approximate surface area is 114 Å². The number of carbonyl (C=O) groups is 1. The van der Waals surface area contributed by atoms with Gasteiger partial charge in [-0.2, -0.15) is 5.10 Å². The van der Waals surface area contributed by atoms with Gasteiger partial charge in [-0.05, 0) is 19.8 Å². The molecule has 19 heavy (non-hydrogen) atoms. The molecule has 0 fully saturated rings. The summed E-state index contributed by atoms with van der Waals surface area (Å²) in [7, 11) is 1.86. The standard InChI is InChI=1S/C13H25N5O/c1-6-18-13(12(14)10(4)16-18)17(5)8-11(19)15-7-9(2)3/h9H,6-8,14H2,1-5H3,(H,15,19). The zero-order valence-corrected chi connectivity index (χ0v) is 12.5. The van der Waals surface area contributed by atoms with E-state index >= 15 is 0 Å². The minimum atomic E-state index is -0.00268. The first kappa shape index (κ1) is 15.3. The lowest BCUT2D eigenvalue weighted by Gasteiger charge is -2.20. The molecule has 0 aliphatic heterocycles. The molecule has 0 aromatic carbocycles. The van der Waals surface area contributed by atoms with Gasteiger partial charge in [0.1, 0.15) is 0 Å². The van der Waals surface area contributed by atoms with Crippen molar-refractivity contribution in [2.75, 3.05) is 30.8 Å². The fourth-order valence-electron chi connectivity index (χ4n) is 1.87. The molecule has 0 bridgehead atoms. The third kappa shape index (κ3) is 3.87. The molecule has 1 heterocycles. The van der Waals surface area contributed by atoms with E-state index in [0.717, 1.165) is 18.1 Å². The summed E-state index contributed by atoms with van der Waals surface area (Å²) >= 11 is 0. The molecule has 108 valence electrons. The van der Waals surface area contributed by atoms with Gasteiger partial charge in [0.2, 0.25) is 5.91 Å². The van der Waals surface area contributed by atoms with Crippen LogP contribution in [0.25, 0.3) is 0 Å². The number of hydrogen-bond donors (Lipinski definition) is 2. The Morgan fingerprint density at radius 3 is 2.68 bits per heavy atom. The summed E-state index contributed by atoms with van der Waals surface area (Å²) in [5.41, 5.74) is 7.46. The second kappa shape index (κ2) is 6.45. The molecule has 1 amide bonds. The van der Waals surface area contributed by atoms with Crippen LogP contribution in [0.5, 0.6) is 0 Å². The summed E-state index contributed by atoms with van der Waals surface area (Å²) in [5.74, 6) is 1.25. The third-order valence-electron chi connectivity index (χ3n) is 2.90. The molecule has 0 unspecified atom stereocenters. The molecule has 0 aliphatic carbocycles. The summed E-state index contributed by atoms with van der Waals surface area (Å²) in [6.07, 6.45) is 0. The van der Waals surface area contributed by atoms with E-state index in [9.17, 15) is 4.79 Å². The number of amides is 1. The van der Waals surface area contributed by atoms with Crippen molar-refractivity contribution in [3.8, 4) is 0 Å². The summed E-state index contributed by atoms with van der Waals surface area (Å²) in [6, 6.07) is 0. The van der Waals surface area contributed by atoms with Gasteiger partial charge in [0.05, 0.1) is 17.9 Å². The average molecular weight is 267 g/mol. The molecule has 1 aromatic heterocycles. The number of nitrogens with one attached hydrogen (secondary N) is 1. The lowest BCUT2D eigenvalue weighted by Crippen LogP contribution is -2.37. The monoisotopic (exact) mass is 267 g/mol. The number of nitrogens with zero attached hydrogens (tertiary/aromatic N) is 3. The number of nitrogens with two attached hydrogens (primary N) is 1. The van der Waals surface area contributed by atoms with Gasteiger partial charge in [0.25, 0.3) is 0 Å². The Morgan fingerprint density at radius 2 is 2.16 bits per heavy atom. The van der Waals surface area contributed by atoms with Crippen molar-refractivity contribution >= 4 is 17.4 Å². The molecular weight excluding hydrogens is 242 g/mol. The topological polar surface area (TPSA) is 76.2 Å². The molecule has 0 spiro atoms. The van der Waals surface area contributed by atoms with Crippen molar-refractivity contribution in [3.63, 3.8) is 0 Å². The normalized spacial score (nSPS) is 10.8. The Balaban J connectivity index is 2.72. The molecule has 0 atom stereocenters. The van der Waals surface area contributed by atoms with E-state index in [1.807, 2.05) is 30.5 Å². The fraction of sp³-hybridized carbons (Fsp3) is 0.692. The van der Waals surface area contributed by atoms with Crippen LogP contribution in [0, 0.1) is 12.8 Å². The minimum absolute atomic E-state index is 0.00268. The lowest BCUT2D eigenvalue weighted by molar-refractivity contribution is -0.119. The molecule has 1 rings (SSSR count). The van der Waals surface area contributed by atoms with Crippen LogP contribution in [0.4, 0.5) is 11.5 Å². The van der Waals surface area contributed by atoms with Crippen molar-refractivity contribution in [2.45, 2.75) is 34.2 Å². The maximum absolute atomic E-state index is 11.8. The highest BCUT2D eigenvalue weighted by molar-refractivity contribution is 5.82. The van der Waals surface area contributed by atoms with E-state index in [1.54, 1.807) is 0 Å². The van der Waals surface area contributed by atoms with Gasteiger partial charge in [0.15, 0.2) is 5.82 Å². The van der Waals surface area contributed by atoms with Gasteiger partial charge in [-0.15, -0.1) is 0 Å². The van der Waals surface area contributed by atoms with Crippen LogP contribution in [0.15, 0.2) is 0 Å². The largest absolute Gasteiger partial charge is 0.394 e. The van der Waals surface area contributed by atoms with Gasteiger partial charge < -0.3 is 16.0 Å². The highest BCUT2D eigenvalue weighted by Gasteiger charge is 2.17. The van der Waals surface area contributed by atoms with Crippen LogP contribution >= 0.6 is 0 Å². The number of nitrogen functional groups attached to an aromatic ring is 1. The van der Waals surface area contributed by atoms with E-state index in [2.05, 4.69) is 24.3 Å². The highest BCUT2D eigenvalue weighted by Crippen LogP contribution is 2.25. The third-order valence-corrected chi connectivity index (χ3v) is 2.90. The number of hydrogen-bond acceptors (Lipinski definition) is 4. The number of aromatic nitrogens is 2. The van der Waals surface area contributed by atoms with Crippen LogP contribution in [0.1, 0.15) is 26.5 Å². The number of aryl methyl sites for hydroxylation is 2. The summed E-state index contributed by atoms with van der Waals surface area (Å²) in [6.45, 7) is 9.70. The van der Waals surface area contributed by atoms with E-state index in [-0.39, 0.29) is 12.5 Å². The zero-order chi connectivity index (χ0) is 14.6. The Morgan fingerprint density at radius 1 is 1.53 bits per heavy atom. The molecular formula is C13H25N5O. The van der Waals surface area contributed by atoms with E-state index < -0.39 is 0 Å². The maximum atomic E-state index is 11.8. The zero-order valence-electron chi connectivity index (χ0n) is 12.5. The van der Waals surface area contributed by atoms with E-state index in [4.69, 9.17) is 5.73 Å². The van der Waals surface area contributed by atoms with Gasteiger partial charge in [-0.1, -0.05) is 13.8 Å². The van der Waals surface area contributed by atoms with Gasteiger partial charge >= 0.3 is 0 Å². The van der Waals surface area contributed by atoms with Crippen LogP contribution in [0.2, 0.25) is 0 Å². The molecule has 1 aromatic rings. The fourth-order valence-corrected chi connectivity index (χ4v) is 1.87. The summed E-state index contributed by atoms with van der Waals surface area (Å²) in [5, 5.41) is 7.24. The number of carbonyl (C=O) groups excluding carboxylic acids is 1. The first-order valence-corrected chi connectivity index (χ1v) is 6.67. The summed E-state index contributed by atoms with van der Waals surface area (Å²) < 4.78 is 1.82. The molecule has 6 heteroatoms. The van der Waals surface area contributed by atoms with Gasteiger partial charge in [-0.25, -0.2) is 4.68 Å². The quantitative estimate of drug-likeness (QED) is 0.806. The number of rotatable bonds is 6. The maximum Gasteiger partial charge on any atom is 0.239 e. The van der Waals surface area contributed by atoms with Crippen LogP contribution in [0.3, 0.4) is 0 Å². The predicted molar refractivity (Wildman–Crippen MR) is 78.2 cm³/mol. The van der Waals surface area contributed by atoms with Crippen LogP contribution < -0.4 is 16.0 Å². The first-order valence-electron chi connectivity index (χ1n) is 6.67. The molecule has 0 aliphatic rings. The van der Waals surface area contributed by atoms with E-state index in [0.29, 0.717) is 18.2 Å². The SMILES string of the molecule is CCn1nc(C)c(N)c1N(C)CC(=O)NCC(C)C. The first-order chi connectivity index (χ1) is 8.86. The van der Waals surface area contributed by atoms with Crippen molar-refractivity contribution in [2.24, 2.45) is 5.92 Å². The Kier molecular flexibility index (Phi) is 5.20. The smallest absolute Gasteiger partial charge is 0.239 e. The van der Waals surface area contributed by atoms with Crippen molar-refractivity contribution < 1.29 is 4.79 Å². The lowest BCUT2D eigenvalue weighted by atomic mass is 10.2. The van der Waals surface area contributed by atoms with Crippen molar-refractivity contribution in [3.05, 3.63) is 5.69 Å². The Bertz CT molecular complexity index is 438. The van der Waals surface area contributed by atoms with Crippen molar-refractivity contribution in [1.29, 1.82) is 0 Å². The average Bonchev–Trinajstić information content (AvgIpc) is 2.62. The van der Waals surface area contributed by atoms with Gasteiger partial charge in [0, 0.05) is 20.1 Å².